The topological polar surface area (TPSA) is 107 Å². The maximum atomic E-state index is 9.59. The van der Waals surface area contributed by atoms with E-state index in [4.69, 9.17) is 19.8 Å². The molecule has 0 bridgehead atoms. The molecule has 4 N–H and O–H groups in total. The molecule has 0 atom stereocenters. The molecule has 0 saturated heterocycles. The van der Waals surface area contributed by atoms with E-state index in [9.17, 15) is 4.57 Å². The van der Waals surface area contributed by atoms with Gasteiger partial charge in [0.25, 0.3) is 0 Å². The minimum absolute atomic E-state index is 0. The van der Waals surface area contributed by atoms with Crippen molar-refractivity contribution in [2.24, 2.45) is 0 Å². The van der Waals surface area contributed by atoms with Crippen LogP contribution in [0.3, 0.4) is 0 Å². The van der Waals surface area contributed by atoms with E-state index in [1.54, 1.807) is 0 Å². The van der Waals surface area contributed by atoms with Crippen molar-refractivity contribution in [3.63, 3.8) is 0 Å². The molecule has 0 aliphatic carbocycles. The van der Waals surface area contributed by atoms with Crippen LogP contribution in [0.4, 0.5) is 0 Å². The van der Waals surface area contributed by atoms with Crippen LogP contribution in [-0.4, -0.2) is 64.9 Å². The Kier molecular flexibility index (Phi) is 12.1. The van der Waals surface area contributed by atoms with Gasteiger partial charge in [0.05, 0.1) is 0 Å². The third-order valence-electron chi connectivity index (χ3n) is 0.232. The fourth-order valence-corrected chi connectivity index (χ4v) is 0.368. The maximum absolute atomic E-state index is 9.59. The van der Waals surface area contributed by atoms with E-state index >= 15 is 0 Å². The predicted molar refractivity (Wildman–Crippen MR) is 37.6 cm³/mol. The van der Waals surface area contributed by atoms with E-state index < -0.39 is 15.1 Å². The molecule has 52 valence electrons. The van der Waals surface area contributed by atoms with Crippen LogP contribution in [0, 0.1) is 0 Å². The first-order chi connectivity index (χ1) is 3.42. The van der Waals surface area contributed by atoms with Gasteiger partial charge in [0.2, 0.25) is 0 Å². The Hall–Kier alpha value is 1.29. The molecule has 0 radical (unpaired) electrons. The molecule has 10 heteroatoms. The van der Waals surface area contributed by atoms with Gasteiger partial charge in [0.1, 0.15) is 0 Å². The fourth-order valence-electron chi connectivity index (χ4n) is 0.123. The van der Waals surface area contributed by atoms with E-state index in [1.807, 2.05) is 0 Å². The summed E-state index contributed by atoms with van der Waals surface area (Å²) in [7, 11) is -7.14. The normalized spacial score (nSPS) is 9.20. The molecule has 0 spiro atoms. The van der Waals surface area contributed by atoms with Crippen molar-refractivity contribution >= 4 is 52.9 Å². The molecule has 0 heterocycles. The zero-order valence-corrected chi connectivity index (χ0v) is 4.52. The van der Waals surface area contributed by atoms with Gasteiger partial charge in [0.15, 0.2) is 0 Å². The molecule has 0 aromatic heterocycles. The Bertz CT molecular complexity index is 108. The summed E-state index contributed by atoms with van der Waals surface area (Å²) in [5.41, 5.74) is 0. The minimum atomic E-state index is -4.72. The van der Waals surface area contributed by atoms with Crippen molar-refractivity contribution in [3.8, 4) is 0 Å². The molecule has 0 aliphatic rings. The van der Waals surface area contributed by atoms with Gasteiger partial charge in [-0.2, -0.15) is 0 Å². The summed E-state index contributed by atoms with van der Waals surface area (Å²) >= 11 is 0. The second kappa shape index (κ2) is 6.97. The van der Waals surface area contributed by atoms with E-state index in [1.165, 1.54) is 0 Å². The van der Waals surface area contributed by atoms with Crippen LogP contribution in [0.2, 0.25) is 0 Å². The zero-order chi connectivity index (χ0) is 6.78. The van der Waals surface area contributed by atoms with Crippen LogP contribution in [0.5, 0.6) is 0 Å². The monoisotopic (exact) mass is 158 g/mol. The first kappa shape index (κ1) is 17.4. The van der Waals surface area contributed by atoms with Gasteiger partial charge in [-0.15, -0.1) is 0 Å². The number of hydrogen-bond acceptors (Lipinski definition) is 4. The zero-order valence-electron chi connectivity index (χ0n) is 3.63. The summed E-state index contributed by atoms with van der Waals surface area (Å²) in [5, 5.41) is 15.5. The van der Waals surface area contributed by atoms with Crippen LogP contribution in [0.25, 0.3) is 0 Å². The van der Waals surface area contributed by atoms with E-state index in [2.05, 4.69) is 4.44 Å². The molecule has 0 aromatic carbocycles. The van der Waals surface area contributed by atoms with Crippen molar-refractivity contribution in [1.29, 1.82) is 0 Å². The number of phosphoric acid groups is 1. The molecule has 10 heavy (non-hydrogen) atoms. The van der Waals surface area contributed by atoms with Crippen LogP contribution in [-0.2, 0) is 9.01 Å². The second-order valence-electron chi connectivity index (χ2n) is 0.922. The summed E-state index contributed by atoms with van der Waals surface area (Å²) < 4.78 is 12.8. The first-order valence-electron chi connectivity index (χ1n) is 1.52. The third kappa shape index (κ3) is 16.1. The van der Waals surface area contributed by atoms with Crippen molar-refractivity contribution in [3.05, 3.63) is 0 Å². The van der Waals surface area contributed by atoms with Crippen molar-refractivity contribution in [2.75, 3.05) is 0 Å². The number of rotatable bonds is 2. The second-order valence-corrected chi connectivity index (χ2v) is 2.11. The molecule has 6 nitrogen and oxygen atoms in total. The van der Waals surface area contributed by atoms with Gasteiger partial charge in [-0.05, 0) is 0 Å². The van der Waals surface area contributed by atoms with Crippen LogP contribution in [0.1, 0.15) is 0 Å². The molecule has 0 unspecified atom stereocenters. The van der Waals surface area contributed by atoms with E-state index in [-0.39, 0.29) is 37.7 Å². The van der Waals surface area contributed by atoms with Crippen molar-refractivity contribution in [2.45, 2.75) is 0 Å². The quantitative estimate of drug-likeness (QED) is 0.248. The van der Waals surface area contributed by atoms with Crippen molar-refractivity contribution < 1.29 is 28.8 Å². The molecule has 0 saturated carbocycles. The van der Waals surface area contributed by atoms with Crippen LogP contribution >= 0.6 is 7.82 Å². The molecular formula is H6BLi2O6P. The average molecular weight is 158 g/mol. The van der Waals surface area contributed by atoms with E-state index in [0.717, 1.165) is 0 Å². The Labute approximate surface area is 81.7 Å². The molecule has 0 amide bonds. The molecule has 0 aliphatic heterocycles. The molecular weight excluding hydrogens is 152 g/mol. The summed E-state index contributed by atoms with van der Waals surface area (Å²) in [5.74, 6) is 0. The summed E-state index contributed by atoms with van der Waals surface area (Å²) in [6, 6.07) is 0. The van der Waals surface area contributed by atoms with Gasteiger partial charge in [0, 0.05) is 0 Å². The van der Waals surface area contributed by atoms with Crippen molar-refractivity contribution in [1.82, 2.24) is 0 Å². The molecule has 0 rings (SSSR count). The SMILES string of the molecule is O=P(O)(O)OB(O)O.[LiH].[LiH]. The van der Waals surface area contributed by atoms with Gasteiger partial charge >= 0.3 is 52.9 Å². The molecule has 0 aromatic rings. The summed E-state index contributed by atoms with van der Waals surface area (Å²) in [4.78, 5) is 15.5. The van der Waals surface area contributed by atoms with Crippen LogP contribution in [0.15, 0.2) is 0 Å². The number of hydrogen-bond donors (Lipinski definition) is 4. The van der Waals surface area contributed by atoms with Gasteiger partial charge in [-0.1, -0.05) is 0 Å². The van der Waals surface area contributed by atoms with Gasteiger partial charge in [-0.3, -0.25) is 4.44 Å². The molecule has 0 fully saturated rings. The van der Waals surface area contributed by atoms with E-state index in [0.29, 0.717) is 0 Å². The Balaban J connectivity index is -0.000000245. The Morgan fingerprint density at radius 1 is 1.20 bits per heavy atom. The summed E-state index contributed by atoms with van der Waals surface area (Å²) in [6.45, 7) is 0. The van der Waals surface area contributed by atoms with Gasteiger partial charge < -0.3 is 19.8 Å². The Morgan fingerprint density at radius 3 is 1.50 bits per heavy atom. The third-order valence-corrected chi connectivity index (χ3v) is 0.695. The van der Waals surface area contributed by atoms with Gasteiger partial charge in [-0.25, -0.2) is 4.57 Å². The average Bonchev–Trinajstić information content (AvgIpc) is 1.21. The fraction of sp³-hybridized carbons (Fsp3) is 0. The Morgan fingerprint density at radius 2 is 1.50 bits per heavy atom. The van der Waals surface area contributed by atoms with Crippen LogP contribution < -0.4 is 0 Å². The predicted octanol–water partition coefficient (Wildman–Crippen LogP) is -3.23. The standard InChI is InChI=1S/BH4O6P.2Li.2H/c2-1(3)7-8(4,5)6;;;;/h2-3H,(H2,4,5,6);;;;. The summed E-state index contributed by atoms with van der Waals surface area (Å²) in [6.07, 6.45) is 0. The first-order valence-corrected chi connectivity index (χ1v) is 3.05.